The van der Waals surface area contributed by atoms with Gasteiger partial charge in [-0.05, 0) is 43.4 Å². The number of carboxylic acid groups (broad SMARTS) is 1. The number of ether oxygens (including phenoxy) is 1. The minimum absolute atomic E-state index is 0.0558. The van der Waals surface area contributed by atoms with Crippen molar-refractivity contribution >= 4 is 11.9 Å². The lowest BCUT2D eigenvalue weighted by molar-refractivity contribution is -0.144. The average Bonchev–Trinajstić information content (AvgIpc) is 3.31. The number of hydrogen-bond acceptors (Lipinski definition) is 4. The minimum atomic E-state index is -4.72. The van der Waals surface area contributed by atoms with Crippen molar-refractivity contribution in [1.29, 1.82) is 0 Å². The number of hydrogen-bond donors (Lipinski definition) is 2. The van der Waals surface area contributed by atoms with Crippen molar-refractivity contribution < 1.29 is 32.6 Å². The fraction of sp³-hybridized carbons (Fsp3) is 0.500. The molecule has 7 nitrogen and oxygen atoms in total. The number of rotatable bonds is 9. The van der Waals surface area contributed by atoms with Crippen LogP contribution < -0.4 is 10.9 Å². The molecule has 1 aromatic carbocycles. The molecule has 0 unspecified atom stereocenters. The molecule has 1 amide bonds. The summed E-state index contributed by atoms with van der Waals surface area (Å²) in [6.07, 6.45) is -1.18. The molecule has 0 saturated heterocycles. The minimum Gasteiger partial charge on any atom is -0.480 e. The van der Waals surface area contributed by atoms with E-state index in [1.54, 1.807) is 7.11 Å². The molecule has 196 valence electrons. The Morgan fingerprint density at radius 2 is 1.81 bits per heavy atom. The summed E-state index contributed by atoms with van der Waals surface area (Å²) in [5.74, 6) is -1.53. The first-order valence-electron chi connectivity index (χ1n) is 11.8. The number of amides is 1. The summed E-state index contributed by atoms with van der Waals surface area (Å²) < 4.78 is 47.3. The Kier molecular flexibility index (Phi) is 8.28. The van der Waals surface area contributed by atoms with Crippen molar-refractivity contribution in [2.75, 3.05) is 13.7 Å². The van der Waals surface area contributed by atoms with Gasteiger partial charge in [0, 0.05) is 32.9 Å². The van der Waals surface area contributed by atoms with Gasteiger partial charge in [-0.1, -0.05) is 37.1 Å². The number of methoxy groups -OCH3 is 1. The van der Waals surface area contributed by atoms with Crippen LogP contribution in [0.15, 0.2) is 35.1 Å². The predicted octanol–water partition coefficient (Wildman–Crippen LogP) is 4.09. The van der Waals surface area contributed by atoms with Gasteiger partial charge in [-0.3, -0.25) is 9.59 Å². The van der Waals surface area contributed by atoms with Crippen molar-refractivity contribution in [2.24, 2.45) is 12.5 Å². The Bertz CT molecular complexity index is 1170. The number of pyridine rings is 1. The van der Waals surface area contributed by atoms with Gasteiger partial charge < -0.3 is 19.7 Å². The standard InChI is InChI=1S/C26H31F3N2O5/c1-16-14-19(26(27,28)29)21(22(32)31(16)2)18-8-6-17(7-9-18)15-20(23(33)34)30-24(35)25(12-13-36-3)10-4-5-11-25/h6-9,14,20H,4-5,10-13,15H2,1-3H3,(H,30,35)(H,33,34)/t20-/m0/s1. The largest absolute Gasteiger partial charge is 0.480 e. The van der Waals surface area contributed by atoms with Gasteiger partial charge in [-0.2, -0.15) is 13.2 Å². The second-order valence-electron chi connectivity index (χ2n) is 9.43. The molecule has 2 N–H and O–H groups in total. The molecule has 1 saturated carbocycles. The number of nitrogens with zero attached hydrogens (tertiary/aromatic N) is 1. The highest BCUT2D eigenvalue weighted by Gasteiger charge is 2.42. The van der Waals surface area contributed by atoms with Crippen LogP contribution >= 0.6 is 0 Å². The summed E-state index contributed by atoms with van der Waals surface area (Å²) in [4.78, 5) is 37.7. The molecule has 1 aliphatic carbocycles. The Labute approximate surface area is 207 Å². The lowest BCUT2D eigenvalue weighted by atomic mass is 9.81. The second kappa shape index (κ2) is 10.9. The van der Waals surface area contributed by atoms with Gasteiger partial charge in [0.2, 0.25) is 5.91 Å². The Hall–Kier alpha value is -3.14. The zero-order valence-corrected chi connectivity index (χ0v) is 20.6. The molecule has 0 spiro atoms. The van der Waals surface area contributed by atoms with Crippen molar-refractivity contribution in [1.82, 2.24) is 9.88 Å². The van der Waals surface area contributed by atoms with E-state index < -0.39 is 40.3 Å². The monoisotopic (exact) mass is 508 g/mol. The van der Waals surface area contributed by atoms with Crippen LogP contribution in [0.1, 0.15) is 48.9 Å². The van der Waals surface area contributed by atoms with Crippen LogP contribution in [0.2, 0.25) is 0 Å². The molecular weight excluding hydrogens is 477 g/mol. The summed E-state index contributed by atoms with van der Waals surface area (Å²) in [6.45, 7) is 1.82. The van der Waals surface area contributed by atoms with Crippen LogP contribution in [-0.2, 0) is 34.0 Å². The number of nitrogens with one attached hydrogen (secondary N) is 1. The van der Waals surface area contributed by atoms with E-state index in [4.69, 9.17) is 4.74 Å². The first-order valence-corrected chi connectivity index (χ1v) is 11.8. The average molecular weight is 509 g/mol. The van der Waals surface area contributed by atoms with E-state index in [-0.39, 0.29) is 23.6 Å². The smallest absolute Gasteiger partial charge is 0.417 e. The number of halogens is 3. The topological polar surface area (TPSA) is 97.6 Å². The summed E-state index contributed by atoms with van der Waals surface area (Å²) in [5.41, 5.74) is -2.17. The summed E-state index contributed by atoms with van der Waals surface area (Å²) in [5, 5.41) is 12.4. The maximum atomic E-state index is 13.7. The first-order chi connectivity index (χ1) is 16.9. The second-order valence-corrected chi connectivity index (χ2v) is 9.43. The number of carbonyl (C=O) groups is 2. The van der Waals surface area contributed by atoms with Gasteiger partial charge in [0.05, 0.1) is 16.5 Å². The normalized spacial score (nSPS) is 16.1. The van der Waals surface area contributed by atoms with Gasteiger partial charge in [0.25, 0.3) is 5.56 Å². The number of aromatic nitrogens is 1. The van der Waals surface area contributed by atoms with E-state index in [0.717, 1.165) is 23.5 Å². The first kappa shape index (κ1) is 27.4. The zero-order valence-electron chi connectivity index (χ0n) is 20.6. The zero-order chi connectivity index (χ0) is 26.7. The number of carbonyl (C=O) groups excluding carboxylic acids is 1. The summed E-state index contributed by atoms with van der Waals surface area (Å²) >= 11 is 0. The van der Waals surface area contributed by atoms with Crippen LogP contribution in [0.5, 0.6) is 0 Å². The Balaban J connectivity index is 1.85. The van der Waals surface area contributed by atoms with E-state index in [1.165, 1.54) is 38.2 Å². The van der Waals surface area contributed by atoms with Gasteiger partial charge in [-0.25, -0.2) is 4.79 Å². The number of carboxylic acids is 1. The van der Waals surface area contributed by atoms with Crippen molar-refractivity contribution in [3.8, 4) is 11.1 Å². The number of benzene rings is 1. The SMILES string of the molecule is COCCC1(C(=O)N[C@@H](Cc2ccc(-c3c(C(F)(F)F)cc(C)n(C)c3=O)cc2)C(=O)O)CCCC1. The van der Waals surface area contributed by atoms with Crippen molar-refractivity contribution in [3.63, 3.8) is 0 Å². The third-order valence-corrected chi connectivity index (χ3v) is 7.09. The van der Waals surface area contributed by atoms with Crippen molar-refractivity contribution in [2.45, 2.75) is 57.7 Å². The van der Waals surface area contributed by atoms with Gasteiger partial charge >= 0.3 is 12.1 Å². The molecular formula is C26H31F3N2O5. The molecule has 2 aromatic rings. The van der Waals surface area contributed by atoms with Crippen LogP contribution in [0, 0.1) is 12.3 Å². The summed E-state index contributed by atoms with van der Waals surface area (Å²) in [6, 6.07) is 5.42. The van der Waals surface area contributed by atoms with E-state index >= 15 is 0 Å². The van der Waals surface area contributed by atoms with Gasteiger partial charge in [-0.15, -0.1) is 0 Å². The molecule has 1 aromatic heterocycles. The maximum Gasteiger partial charge on any atom is 0.417 e. The molecule has 1 atom stereocenters. The summed E-state index contributed by atoms with van der Waals surface area (Å²) in [7, 11) is 2.95. The highest BCUT2D eigenvalue weighted by molar-refractivity contribution is 5.88. The predicted molar refractivity (Wildman–Crippen MR) is 128 cm³/mol. The molecule has 0 radical (unpaired) electrons. The lowest BCUT2D eigenvalue weighted by Gasteiger charge is -2.29. The molecule has 3 rings (SSSR count). The Morgan fingerprint density at radius 3 is 2.33 bits per heavy atom. The van der Waals surface area contributed by atoms with E-state index in [0.29, 0.717) is 31.4 Å². The van der Waals surface area contributed by atoms with Crippen LogP contribution in [0.4, 0.5) is 13.2 Å². The fourth-order valence-electron chi connectivity index (χ4n) is 4.82. The third-order valence-electron chi connectivity index (χ3n) is 7.09. The molecule has 0 aliphatic heterocycles. The molecule has 0 bridgehead atoms. The maximum absolute atomic E-state index is 13.7. The number of alkyl halides is 3. The van der Waals surface area contributed by atoms with Crippen molar-refractivity contribution in [3.05, 3.63) is 57.5 Å². The molecule has 36 heavy (non-hydrogen) atoms. The fourth-order valence-corrected chi connectivity index (χ4v) is 4.82. The molecule has 1 aliphatic rings. The van der Waals surface area contributed by atoms with E-state index in [1.807, 2.05) is 0 Å². The van der Waals surface area contributed by atoms with Gasteiger partial charge in [0.15, 0.2) is 0 Å². The molecule has 10 heteroatoms. The highest BCUT2D eigenvalue weighted by Crippen LogP contribution is 2.41. The lowest BCUT2D eigenvalue weighted by Crippen LogP contribution is -2.49. The van der Waals surface area contributed by atoms with Crippen LogP contribution in [0.3, 0.4) is 0 Å². The van der Waals surface area contributed by atoms with E-state index in [9.17, 15) is 32.7 Å². The quantitative estimate of drug-likeness (QED) is 0.532. The van der Waals surface area contributed by atoms with E-state index in [2.05, 4.69) is 5.32 Å². The van der Waals surface area contributed by atoms with Crippen LogP contribution in [0.25, 0.3) is 11.1 Å². The number of aliphatic carboxylic acids is 1. The van der Waals surface area contributed by atoms with Crippen LogP contribution in [-0.4, -0.2) is 41.3 Å². The Morgan fingerprint density at radius 1 is 1.19 bits per heavy atom. The number of aryl methyl sites for hydroxylation is 1. The third kappa shape index (κ3) is 5.80. The molecule has 1 heterocycles. The van der Waals surface area contributed by atoms with Gasteiger partial charge in [0.1, 0.15) is 6.04 Å². The molecule has 1 fully saturated rings. The highest BCUT2D eigenvalue weighted by atomic mass is 19.4.